The average molecular weight is 632 g/mol. The van der Waals surface area contributed by atoms with Crippen molar-refractivity contribution in [3.8, 4) is 45.3 Å². The maximum absolute atomic E-state index is 6.27. The summed E-state index contributed by atoms with van der Waals surface area (Å²) >= 11 is 1.79. The number of furan rings is 1. The molecule has 224 valence electrons. The highest BCUT2D eigenvalue weighted by atomic mass is 32.1. The van der Waals surface area contributed by atoms with Crippen LogP contribution in [0.5, 0.6) is 0 Å². The molecule has 0 atom stereocenters. The van der Waals surface area contributed by atoms with E-state index in [1.54, 1.807) is 11.3 Å². The quantitative estimate of drug-likeness (QED) is 0.194. The van der Waals surface area contributed by atoms with E-state index < -0.39 is 0 Å². The number of rotatable bonds is 4. The van der Waals surface area contributed by atoms with Crippen LogP contribution in [0.25, 0.3) is 98.2 Å². The van der Waals surface area contributed by atoms with Crippen LogP contribution in [0.15, 0.2) is 156 Å². The predicted molar refractivity (Wildman–Crippen MR) is 199 cm³/mol. The number of hydrogen-bond acceptors (Lipinski definition) is 5. The van der Waals surface area contributed by atoms with Gasteiger partial charge in [0.15, 0.2) is 17.5 Å². The third-order valence-corrected chi connectivity index (χ3v) is 10.3. The summed E-state index contributed by atoms with van der Waals surface area (Å²) in [6, 6.07) is 52.7. The molecule has 0 spiro atoms. The van der Waals surface area contributed by atoms with Crippen molar-refractivity contribution < 1.29 is 4.42 Å². The van der Waals surface area contributed by atoms with Gasteiger partial charge in [-0.1, -0.05) is 115 Å². The minimum absolute atomic E-state index is 0.609. The van der Waals surface area contributed by atoms with E-state index in [0.29, 0.717) is 17.5 Å². The van der Waals surface area contributed by atoms with Crippen molar-refractivity contribution in [1.82, 2.24) is 15.0 Å². The average Bonchev–Trinajstić information content (AvgIpc) is 3.72. The molecule has 0 aliphatic heterocycles. The lowest BCUT2D eigenvalue weighted by Crippen LogP contribution is -2.01. The molecular formula is C43H25N3OS. The van der Waals surface area contributed by atoms with Gasteiger partial charge in [-0.2, -0.15) is 0 Å². The van der Waals surface area contributed by atoms with Crippen molar-refractivity contribution in [1.29, 1.82) is 0 Å². The van der Waals surface area contributed by atoms with Crippen LogP contribution in [-0.2, 0) is 0 Å². The fraction of sp³-hybridized carbons (Fsp3) is 0. The van der Waals surface area contributed by atoms with Crippen molar-refractivity contribution in [2.75, 3.05) is 0 Å². The Morgan fingerprint density at radius 3 is 1.98 bits per heavy atom. The molecule has 3 aromatic heterocycles. The normalized spacial score (nSPS) is 11.8. The topological polar surface area (TPSA) is 51.8 Å². The Morgan fingerprint density at radius 1 is 0.396 bits per heavy atom. The van der Waals surface area contributed by atoms with Gasteiger partial charge in [0.1, 0.15) is 11.2 Å². The van der Waals surface area contributed by atoms with Crippen LogP contribution >= 0.6 is 11.3 Å². The summed E-state index contributed by atoms with van der Waals surface area (Å²) in [4.78, 5) is 15.7. The molecule has 48 heavy (non-hydrogen) atoms. The summed E-state index contributed by atoms with van der Waals surface area (Å²) in [5.74, 6) is 1.87. The van der Waals surface area contributed by atoms with Gasteiger partial charge in [-0.15, -0.1) is 11.3 Å². The number of thiophene rings is 1. The van der Waals surface area contributed by atoms with E-state index in [2.05, 4.69) is 115 Å². The molecule has 4 nitrogen and oxygen atoms in total. The molecule has 0 amide bonds. The lowest BCUT2D eigenvalue weighted by atomic mass is 9.96. The molecule has 0 unspecified atom stereocenters. The minimum atomic E-state index is 0.609. The zero-order valence-electron chi connectivity index (χ0n) is 25.6. The summed E-state index contributed by atoms with van der Waals surface area (Å²) in [5.41, 5.74) is 6.72. The molecule has 0 radical (unpaired) electrons. The molecule has 5 heteroatoms. The second kappa shape index (κ2) is 10.7. The highest BCUT2D eigenvalue weighted by Gasteiger charge is 2.20. The molecule has 0 bridgehead atoms. The zero-order valence-corrected chi connectivity index (χ0v) is 26.4. The molecule has 10 aromatic rings. The Balaban J connectivity index is 1.26. The molecule has 10 rings (SSSR count). The number of benzene rings is 7. The van der Waals surface area contributed by atoms with Gasteiger partial charge < -0.3 is 4.42 Å². The van der Waals surface area contributed by atoms with Crippen LogP contribution in [0.4, 0.5) is 0 Å². The van der Waals surface area contributed by atoms with Gasteiger partial charge in [0.2, 0.25) is 0 Å². The SMILES string of the molecule is c1ccc(-c2cc(-c3nc(-c4ccc5c(c4)sc4ccccc45)nc(-c4cccc5oc6ccccc6c45)n3)c3ccccc3c2)cc1. The first kappa shape index (κ1) is 27.0. The molecule has 0 saturated heterocycles. The third kappa shape index (κ3) is 4.33. The first-order valence-electron chi connectivity index (χ1n) is 15.9. The second-order valence-electron chi connectivity index (χ2n) is 12.0. The van der Waals surface area contributed by atoms with Crippen LogP contribution in [0, 0.1) is 0 Å². The monoisotopic (exact) mass is 631 g/mol. The Bertz CT molecular complexity index is 2850. The number of aromatic nitrogens is 3. The van der Waals surface area contributed by atoms with Gasteiger partial charge >= 0.3 is 0 Å². The zero-order chi connectivity index (χ0) is 31.6. The van der Waals surface area contributed by atoms with Gasteiger partial charge in [0.25, 0.3) is 0 Å². The second-order valence-corrected chi connectivity index (χ2v) is 13.1. The fourth-order valence-corrected chi connectivity index (χ4v) is 8.01. The van der Waals surface area contributed by atoms with Gasteiger partial charge in [0, 0.05) is 47.6 Å². The lowest BCUT2D eigenvalue weighted by Gasteiger charge is -2.13. The summed E-state index contributed by atoms with van der Waals surface area (Å²) in [7, 11) is 0. The Morgan fingerprint density at radius 2 is 1.08 bits per heavy atom. The van der Waals surface area contributed by atoms with Gasteiger partial charge in [-0.05, 0) is 58.3 Å². The smallest absolute Gasteiger partial charge is 0.164 e. The van der Waals surface area contributed by atoms with E-state index in [9.17, 15) is 0 Å². The van der Waals surface area contributed by atoms with Crippen LogP contribution in [0.3, 0.4) is 0 Å². The molecule has 0 aliphatic carbocycles. The van der Waals surface area contributed by atoms with Crippen LogP contribution in [-0.4, -0.2) is 15.0 Å². The van der Waals surface area contributed by atoms with E-state index in [4.69, 9.17) is 19.4 Å². The molecule has 7 aromatic carbocycles. The van der Waals surface area contributed by atoms with E-state index >= 15 is 0 Å². The molecule has 0 aliphatic rings. The molecular weight excluding hydrogens is 607 g/mol. The summed E-state index contributed by atoms with van der Waals surface area (Å²) in [5, 5.41) is 6.77. The number of hydrogen-bond donors (Lipinski definition) is 0. The predicted octanol–water partition coefficient (Wildman–Crippen LogP) is 12.0. The summed E-state index contributed by atoms with van der Waals surface area (Å²) in [6.45, 7) is 0. The van der Waals surface area contributed by atoms with Crippen molar-refractivity contribution in [3.05, 3.63) is 152 Å². The Hall–Kier alpha value is -6.17. The van der Waals surface area contributed by atoms with Crippen molar-refractivity contribution >= 4 is 64.2 Å². The maximum Gasteiger partial charge on any atom is 0.164 e. The first-order valence-corrected chi connectivity index (χ1v) is 16.8. The summed E-state index contributed by atoms with van der Waals surface area (Å²) < 4.78 is 8.75. The highest BCUT2D eigenvalue weighted by molar-refractivity contribution is 7.25. The van der Waals surface area contributed by atoms with E-state index in [-0.39, 0.29) is 0 Å². The van der Waals surface area contributed by atoms with Gasteiger partial charge in [-0.3, -0.25) is 0 Å². The lowest BCUT2D eigenvalue weighted by molar-refractivity contribution is 0.669. The molecule has 0 N–H and O–H groups in total. The third-order valence-electron chi connectivity index (χ3n) is 9.13. The van der Waals surface area contributed by atoms with Crippen LogP contribution in [0.1, 0.15) is 0 Å². The maximum atomic E-state index is 6.27. The van der Waals surface area contributed by atoms with Crippen molar-refractivity contribution in [3.63, 3.8) is 0 Å². The largest absolute Gasteiger partial charge is 0.456 e. The Kier molecular flexibility index (Phi) is 6.01. The molecule has 0 fully saturated rings. The standard InChI is InChI=1S/C43H25N3OS/c1-2-11-26(12-3-1)29-23-27-13-4-5-14-30(27)35(24-29)43-45-41(28-21-22-32-31-15-7-9-20-38(31)48-39(32)25-28)44-42(46-43)34-17-10-19-37-40(34)33-16-6-8-18-36(33)47-37/h1-25H. The van der Waals surface area contributed by atoms with E-state index in [1.165, 1.54) is 20.2 Å². The van der Waals surface area contributed by atoms with Crippen LogP contribution in [0.2, 0.25) is 0 Å². The van der Waals surface area contributed by atoms with E-state index in [1.807, 2.05) is 36.4 Å². The molecule has 3 heterocycles. The Labute approximate surface area is 279 Å². The number of fused-ring (bicyclic) bond motifs is 7. The van der Waals surface area contributed by atoms with E-state index in [0.717, 1.165) is 60.5 Å². The summed E-state index contributed by atoms with van der Waals surface area (Å²) in [6.07, 6.45) is 0. The van der Waals surface area contributed by atoms with Crippen molar-refractivity contribution in [2.45, 2.75) is 0 Å². The van der Waals surface area contributed by atoms with Gasteiger partial charge in [0.05, 0.1) is 0 Å². The number of para-hydroxylation sites is 1. The highest BCUT2D eigenvalue weighted by Crippen LogP contribution is 2.40. The molecule has 0 saturated carbocycles. The first-order chi connectivity index (χ1) is 23.8. The van der Waals surface area contributed by atoms with Crippen molar-refractivity contribution in [2.24, 2.45) is 0 Å². The number of nitrogens with zero attached hydrogens (tertiary/aromatic N) is 3. The van der Waals surface area contributed by atoms with Gasteiger partial charge in [-0.25, -0.2) is 15.0 Å². The minimum Gasteiger partial charge on any atom is -0.456 e. The fourth-order valence-electron chi connectivity index (χ4n) is 6.86. The van der Waals surface area contributed by atoms with Crippen LogP contribution < -0.4 is 0 Å².